The van der Waals surface area contributed by atoms with E-state index in [9.17, 15) is 32.8 Å². The van der Waals surface area contributed by atoms with Crippen molar-refractivity contribution in [3.8, 4) is 33.8 Å². The number of ether oxygens (including phenoxy) is 1. The number of hydrogen-bond acceptors (Lipinski definition) is 8. The van der Waals surface area contributed by atoms with Crippen LogP contribution in [-0.2, 0) is 31.7 Å². The number of nitrogens with one attached hydrogen (secondary N) is 1. The van der Waals surface area contributed by atoms with Crippen LogP contribution in [0.1, 0.15) is 97.6 Å². The van der Waals surface area contributed by atoms with Gasteiger partial charge in [-0.15, -0.1) is 0 Å². The minimum absolute atomic E-state index is 0.0337. The summed E-state index contributed by atoms with van der Waals surface area (Å²) < 4.78 is 39.4. The zero-order valence-corrected chi connectivity index (χ0v) is 48.4. The number of halogens is 4. The molecule has 18 heteroatoms. The molecule has 3 N–H and O–H groups in total. The summed E-state index contributed by atoms with van der Waals surface area (Å²) in [4.78, 5) is 62.7. The van der Waals surface area contributed by atoms with Crippen molar-refractivity contribution in [2.75, 3.05) is 0 Å². The van der Waals surface area contributed by atoms with Gasteiger partial charge in [-0.3, -0.25) is 19.0 Å². The van der Waals surface area contributed by atoms with Gasteiger partial charge in [0.15, 0.2) is 11.6 Å². The number of H-pyrrole nitrogens is 1. The number of carboxylic acids is 2. The Morgan fingerprint density at radius 3 is 1.63 bits per heavy atom. The lowest BCUT2D eigenvalue weighted by Crippen LogP contribution is -2.27. The average Bonchev–Trinajstić information content (AvgIpc) is 4.21. The summed E-state index contributed by atoms with van der Waals surface area (Å²) in [5, 5.41) is 28.3. The molecule has 0 bridgehead atoms. The first kappa shape index (κ1) is 58.5. The molecule has 10 rings (SSSR count). The molecule has 0 aliphatic carbocycles. The molecule has 414 valence electrons. The fraction of sp³-hybridized carbons (Fsp3) is 0.190. The van der Waals surface area contributed by atoms with E-state index in [1.807, 2.05) is 82.4 Å². The minimum atomic E-state index is -0.974. The number of carbonyl (C=O) groups excluding carboxylic acids is 3. The molecule has 0 spiro atoms. The Morgan fingerprint density at radius 1 is 0.580 bits per heavy atom. The van der Waals surface area contributed by atoms with Crippen LogP contribution in [0.3, 0.4) is 0 Å². The van der Waals surface area contributed by atoms with Crippen LogP contribution in [-0.4, -0.2) is 74.5 Å². The molecule has 14 nitrogen and oxygen atoms in total. The fourth-order valence-electron chi connectivity index (χ4n) is 8.82. The van der Waals surface area contributed by atoms with E-state index in [-0.39, 0.29) is 40.7 Å². The first-order valence-corrected chi connectivity index (χ1v) is 27.1. The molecule has 4 heterocycles. The molecule has 10 aromatic rings. The largest absolute Gasteiger partial charge is 0.478 e. The summed E-state index contributed by atoms with van der Waals surface area (Å²) in [5.74, 6) is -2.53. The van der Waals surface area contributed by atoms with E-state index < -0.39 is 23.6 Å². The van der Waals surface area contributed by atoms with Gasteiger partial charge in [-0.05, 0) is 206 Å². The molecule has 0 fully saturated rings. The predicted molar refractivity (Wildman–Crippen MR) is 315 cm³/mol. The van der Waals surface area contributed by atoms with Crippen molar-refractivity contribution in [2.24, 2.45) is 14.1 Å². The smallest absolute Gasteiger partial charge is 0.419 e. The normalized spacial score (nSPS) is 11.2. The van der Waals surface area contributed by atoms with Gasteiger partial charge in [0.2, 0.25) is 0 Å². The van der Waals surface area contributed by atoms with Gasteiger partial charge in [0, 0.05) is 65.0 Å². The number of fused-ring (bicyclic) bond motifs is 2. The maximum atomic E-state index is 13.7. The van der Waals surface area contributed by atoms with Crippen LogP contribution in [0.2, 0.25) is 0 Å². The number of nitrogens with zero attached hydrogens (tertiary/aromatic N) is 5. The second kappa shape index (κ2) is 24.8. The van der Waals surface area contributed by atoms with Crippen molar-refractivity contribution >= 4 is 83.3 Å². The summed E-state index contributed by atoms with van der Waals surface area (Å²) in [6, 6.07) is 42.1. The standard InChI is InChI=1S/C29H24FN3O3.C20H19BrFNO2.C14H13BrN2O3/c1-17-13-20(8-10-23(17)30)25-15-22-14-21(9-11-24(22)31-25)27-16-26(32-33(27)2)28(34)12-5-18-3-6-19(7-4-18)29(35)36;1-12-9-13(5-7-16(12)22)18-11-14-10-15(21)6-8-17(14)23(18)19(24)25-20(2,3)4;1-17-13(15)8-11(16-17)12(18)7-4-9-2-5-10(6-3-9)14(19)20/h3-4,6-11,13-16,31H,5,12H2,1-2H3,(H,35,36);5-11H,1-4H3;2-3,5-6,8H,4,7H2,1H3,(H,19,20). The number of rotatable bonds is 13. The van der Waals surface area contributed by atoms with E-state index in [4.69, 9.17) is 14.9 Å². The Hall–Kier alpha value is -8.61. The van der Waals surface area contributed by atoms with Gasteiger partial charge >= 0.3 is 18.0 Å². The highest BCUT2D eigenvalue weighted by atomic mass is 79.9. The molecule has 0 aliphatic rings. The third kappa shape index (κ3) is 14.4. The Bertz CT molecular complexity index is 4000. The highest BCUT2D eigenvalue weighted by Crippen LogP contribution is 2.33. The molecule has 6 aromatic carbocycles. The second-order valence-corrected chi connectivity index (χ2v) is 22.1. The predicted octanol–water partition coefficient (Wildman–Crippen LogP) is 15.2. The van der Waals surface area contributed by atoms with E-state index in [0.29, 0.717) is 47.5 Å². The van der Waals surface area contributed by atoms with E-state index in [2.05, 4.69) is 47.0 Å². The summed E-state index contributed by atoms with van der Waals surface area (Å²) in [6.07, 6.45) is 1.23. The van der Waals surface area contributed by atoms with Gasteiger partial charge in [0.25, 0.3) is 0 Å². The maximum absolute atomic E-state index is 13.7. The lowest BCUT2D eigenvalue weighted by Gasteiger charge is -2.21. The molecular formula is C63H56Br2F2N6O8. The number of ketones is 2. The van der Waals surface area contributed by atoms with Crippen LogP contribution < -0.4 is 0 Å². The first-order valence-electron chi connectivity index (χ1n) is 25.6. The number of carboxylic acid groups (broad SMARTS) is 2. The molecule has 81 heavy (non-hydrogen) atoms. The van der Waals surface area contributed by atoms with Crippen molar-refractivity contribution < 1.29 is 47.7 Å². The molecule has 0 amide bonds. The van der Waals surface area contributed by atoms with Crippen LogP contribution in [0.4, 0.5) is 13.6 Å². The van der Waals surface area contributed by atoms with Crippen molar-refractivity contribution in [3.63, 3.8) is 0 Å². The summed E-state index contributed by atoms with van der Waals surface area (Å²) in [5.41, 5.74) is 10.3. The zero-order chi connectivity index (χ0) is 58.4. The number of aryl methyl sites for hydroxylation is 6. The van der Waals surface area contributed by atoms with Gasteiger partial charge in [0.05, 0.1) is 28.0 Å². The average molecular weight is 1220 g/mol. The van der Waals surface area contributed by atoms with E-state index in [1.165, 1.54) is 12.1 Å². The van der Waals surface area contributed by atoms with Gasteiger partial charge in [-0.25, -0.2) is 27.7 Å². The molecule has 0 atom stereocenters. The molecule has 0 aliphatic heterocycles. The van der Waals surface area contributed by atoms with Crippen LogP contribution in [0.5, 0.6) is 0 Å². The molecular weight excluding hydrogens is 1170 g/mol. The van der Waals surface area contributed by atoms with Gasteiger partial charge in [0.1, 0.15) is 33.2 Å². The fourth-order valence-corrected chi connectivity index (χ4v) is 9.50. The van der Waals surface area contributed by atoms with Gasteiger partial charge < -0.3 is 19.9 Å². The highest BCUT2D eigenvalue weighted by molar-refractivity contribution is 9.10. The Morgan fingerprint density at radius 2 is 1.10 bits per heavy atom. The topological polar surface area (TPSA) is 191 Å². The lowest BCUT2D eigenvalue weighted by atomic mass is 10.0. The van der Waals surface area contributed by atoms with Crippen LogP contribution in [0, 0.1) is 25.5 Å². The van der Waals surface area contributed by atoms with Crippen LogP contribution >= 0.6 is 31.9 Å². The number of aromatic carboxylic acids is 2. The summed E-state index contributed by atoms with van der Waals surface area (Å²) in [7, 11) is 3.57. The molecule has 0 unspecified atom stereocenters. The quantitative estimate of drug-likeness (QED) is 0.0936. The first-order chi connectivity index (χ1) is 38.4. The number of aromatic amines is 1. The lowest BCUT2D eigenvalue weighted by molar-refractivity contribution is 0.0545. The maximum Gasteiger partial charge on any atom is 0.419 e. The van der Waals surface area contributed by atoms with Crippen LogP contribution in [0.25, 0.3) is 55.6 Å². The van der Waals surface area contributed by atoms with Gasteiger partial charge in [-0.1, -0.05) is 46.3 Å². The van der Waals surface area contributed by atoms with Crippen molar-refractivity contribution in [1.82, 2.24) is 29.1 Å². The Balaban J connectivity index is 0.000000168. The molecule has 4 aromatic heterocycles. The zero-order valence-electron chi connectivity index (χ0n) is 45.3. The number of aromatic nitrogens is 6. The summed E-state index contributed by atoms with van der Waals surface area (Å²) in [6.45, 7) is 8.94. The number of benzene rings is 6. The third-order valence-electron chi connectivity index (χ3n) is 13.1. The molecule has 0 radical (unpaired) electrons. The summed E-state index contributed by atoms with van der Waals surface area (Å²) >= 11 is 6.75. The van der Waals surface area contributed by atoms with Crippen molar-refractivity contribution in [1.29, 1.82) is 0 Å². The van der Waals surface area contributed by atoms with Gasteiger partial charge in [-0.2, -0.15) is 10.2 Å². The Kier molecular flexibility index (Phi) is 17.9. The van der Waals surface area contributed by atoms with E-state index >= 15 is 0 Å². The van der Waals surface area contributed by atoms with Crippen molar-refractivity contribution in [2.45, 2.75) is 65.9 Å². The number of carbonyl (C=O) groups is 5. The number of Topliss-reactive ketones (excluding diaryl/α,β-unsaturated/α-hetero) is 2. The molecule has 0 saturated carbocycles. The molecule has 0 saturated heterocycles. The second-order valence-electron chi connectivity index (χ2n) is 20.3. The third-order valence-corrected chi connectivity index (χ3v) is 14.4. The Labute approximate surface area is 482 Å². The number of hydrogen-bond donors (Lipinski definition) is 3. The monoisotopic (exact) mass is 1220 g/mol. The minimum Gasteiger partial charge on any atom is -0.478 e. The SMILES string of the molecule is Cc1cc(-c2cc3cc(-c4cc(C(=O)CCc5ccc(C(=O)O)cc5)nn4C)ccc3[nH]2)ccc1F.Cc1cc(-c2cc3cc(Br)ccc3n2C(=O)OC(C)(C)C)ccc1F.Cn1nc(C(=O)CCc2ccc(C(=O)O)cc2)cc1Br. The van der Waals surface area contributed by atoms with Crippen LogP contribution in [0.15, 0.2) is 155 Å². The van der Waals surface area contributed by atoms with E-state index in [1.54, 1.807) is 114 Å². The van der Waals surface area contributed by atoms with Crippen molar-refractivity contribution in [3.05, 3.63) is 211 Å². The van der Waals surface area contributed by atoms with E-state index in [0.717, 1.165) is 70.1 Å². The highest BCUT2D eigenvalue weighted by Gasteiger charge is 2.24.